The van der Waals surface area contributed by atoms with E-state index in [4.69, 9.17) is 9.47 Å². The van der Waals surface area contributed by atoms with Crippen LogP contribution < -0.4 is 0 Å². The van der Waals surface area contributed by atoms with Crippen LogP contribution in [0.5, 0.6) is 0 Å². The zero-order chi connectivity index (χ0) is 17.4. The van der Waals surface area contributed by atoms with Gasteiger partial charge in [0.2, 0.25) is 0 Å². The van der Waals surface area contributed by atoms with Gasteiger partial charge in [0.1, 0.15) is 24.4 Å². The van der Waals surface area contributed by atoms with Gasteiger partial charge in [-0.15, -0.1) is 0 Å². The van der Waals surface area contributed by atoms with Crippen LogP contribution in [-0.2, 0) is 14.3 Å². The van der Waals surface area contributed by atoms with Crippen LogP contribution in [0.2, 0.25) is 0 Å². The zero-order valence-electron chi connectivity index (χ0n) is 13.7. The molecule has 0 aromatic heterocycles. The lowest BCUT2D eigenvalue weighted by Crippen LogP contribution is -2.59. The smallest absolute Gasteiger partial charge is 0.187 e. The van der Waals surface area contributed by atoms with E-state index in [1.54, 1.807) is 6.92 Å². The van der Waals surface area contributed by atoms with Gasteiger partial charge in [-0.25, -0.2) is 0 Å². The van der Waals surface area contributed by atoms with Gasteiger partial charge in [0.25, 0.3) is 0 Å². The maximum atomic E-state index is 11.9. The molecule has 0 saturated carbocycles. The summed E-state index contributed by atoms with van der Waals surface area (Å²) in [5, 5.41) is 38.7. The van der Waals surface area contributed by atoms with Gasteiger partial charge in [-0.2, -0.15) is 0 Å². The minimum Gasteiger partial charge on any atom is -0.394 e. The summed E-state index contributed by atoms with van der Waals surface area (Å²) in [6.07, 6.45) is -5.28. The molecule has 1 fully saturated rings. The molecule has 0 aromatic carbocycles. The number of allylic oxidation sites excluding steroid dienone is 1. The van der Waals surface area contributed by atoms with Crippen molar-refractivity contribution in [3.8, 4) is 0 Å². The summed E-state index contributed by atoms with van der Waals surface area (Å²) in [4.78, 5) is 11.9. The van der Waals surface area contributed by atoms with Gasteiger partial charge in [0, 0.05) is 6.42 Å². The Hall–Kier alpha value is -0.830. The Morgan fingerprint density at radius 3 is 2.48 bits per heavy atom. The first-order valence-electron chi connectivity index (χ1n) is 7.84. The van der Waals surface area contributed by atoms with E-state index in [1.807, 2.05) is 13.8 Å². The molecule has 7 nitrogen and oxygen atoms in total. The second-order valence-electron chi connectivity index (χ2n) is 6.92. The van der Waals surface area contributed by atoms with Crippen molar-refractivity contribution in [1.29, 1.82) is 0 Å². The van der Waals surface area contributed by atoms with E-state index in [0.717, 1.165) is 12.0 Å². The molecule has 1 saturated heterocycles. The number of carbonyl (C=O) groups excluding carboxylic acids is 1. The number of hydrogen-bond acceptors (Lipinski definition) is 7. The Morgan fingerprint density at radius 1 is 1.22 bits per heavy atom. The highest BCUT2D eigenvalue weighted by atomic mass is 16.7. The van der Waals surface area contributed by atoms with Gasteiger partial charge in [0.15, 0.2) is 12.1 Å². The average Bonchev–Trinajstić information content (AvgIpc) is 2.51. The molecule has 1 heterocycles. The topological polar surface area (TPSA) is 116 Å². The molecule has 132 valence electrons. The number of hydrogen-bond donors (Lipinski definition) is 4. The Labute approximate surface area is 135 Å². The molecule has 5 atom stereocenters. The predicted octanol–water partition coefficient (Wildman–Crippen LogP) is -0.492. The molecule has 0 spiro atoms. The molecule has 2 rings (SSSR count). The summed E-state index contributed by atoms with van der Waals surface area (Å²) in [5.41, 5.74) is 1.29. The average molecular weight is 330 g/mol. The number of carbonyl (C=O) groups is 1. The fourth-order valence-electron chi connectivity index (χ4n) is 3.11. The maximum Gasteiger partial charge on any atom is 0.187 e. The van der Waals surface area contributed by atoms with Crippen molar-refractivity contribution in [3.05, 3.63) is 11.1 Å². The molecule has 23 heavy (non-hydrogen) atoms. The monoisotopic (exact) mass is 330 g/mol. The van der Waals surface area contributed by atoms with Crippen LogP contribution in [0.1, 0.15) is 33.6 Å². The third kappa shape index (κ3) is 3.65. The maximum absolute atomic E-state index is 11.9. The number of ketones is 1. The molecule has 0 bridgehead atoms. The van der Waals surface area contributed by atoms with E-state index in [2.05, 4.69) is 0 Å². The molecule has 4 N–H and O–H groups in total. The van der Waals surface area contributed by atoms with Gasteiger partial charge in [0.05, 0.1) is 13.2 Å². The molecule has 0 radical (unpaired) electrons. The van der Waals surface area contributed by atoms with Gasteiger partial charge in [-0.05, 0) is 29.9 Å². The number of Topliss-reactive ketones (excluding diaryl/α,β-unsaturated/α-hetero) is 1. The van der Waals surface area contributed by atoms with E-state index in [-0.39, 0.29) is 17.8 Å². The summed E-state index contributed by atoms with van der Waals surface area (Å²) < 4.78 is 10.9. The quantitative estimate of drug-likeness (QED) is 0.549. The first-order valence-corrected chi connectivity index (χ1v) is 7.84. The number of ether oxygens (including phenoxy) is 2. The third-order valence-electron chi connectivity index (χ3n) is 4.91. The minimum absolute atomic E-state index is 0.0767. The highest BCUT2D eigenvalue weighted by Gasteiger charge is 2.44. The van der Waals surface area contributed by atoms with Crippen molar-refractivity contribution in [2.75, 3.05) is 13.2 Å². The highest BCUT2D eigenvalue weighted by molar-refractivity contribution is 5.96. The van der Waals surface area contributed by atoms with Gasteiger partial charge in [-0.1, -0.05) is 13.8 Å². The van der Waals surface area contributed by atoms with Crippen LogP contribution >= 0.6 is 0 Å². The zero-order valence-corrected chi connectivity index (χ0v) is 13.7. The Kier molecular flexibility index (Phi) is 5.60. The minimum atomic E-state index is -1.47. The van der Waals surface area contributed by atoms with Gasteiger partial charge < -0.3 is 29.9 Å². The molecule has 2 aliphatic rings. The van der Waals surface area contributed by atoms with Crippen molar-refractivity contribution >= 4 is 5.78 Å². The van der Waals surface area contributed by atoms with Crippen molar-refractivity contribution in [1.82, 2.24) is 0 Å². The second-order valence-corrected chi connectivity index (χ2v) is 6.92. The second kappa shape index (κ2) is 6.96. The molecule has 1 aliphatic heterocycles. The SMILES string of the molecule is CC1=C(COC2OC(CO)C(O)C(O)C2O)C(C)(C)CCC1=O. The molecule has 0 aromatic rings. The summed E-state index contributed by atoms with van der Waals surface area (Å²) in [7, 11) is 0. The van der Waals surface area contributed by atoms with E-state index in [0.29, 0.717) is 12.0 Å². The third-order valence-corrected chi connectivity index (χ3v) is 4.91. The predicted molar refractivity (Wildman–Crippen MR) is 80.4 cm³/mol. The Balaban J connectivity index is 2.10. The summed E-state index contributed by atoms with van der Waals surface area (Å²) in [5.74, 6) is 0.0803. The van der Waals surface area contributed by atoms with E-state index in [1.165, 1.54) is 0 Å². The Bertz CT molecular complexity index is 483. The standard InChI is InChI=1S/C16H26O7/c1-8-9(16(2,3)5-4-10(8)18)7-22-15-14(21)13(20)12(19)11(6-17)23-15/h11-15,17,19-21H,4-7H2,1-3H3. The number of aliphatic hydroxyl groups is 4. The highest BCUT2D eigenvalue weighted by Crippen LogP contribution is 2.39. The lowest BCUT2D eigenvalue weighted by atomic mass is 9.72. The molecule has 5 unspecified atom stereocenters. The van der Waals surface area contributed by atoms with E-state index < -0.39 is 37.3 Å². The van der Waals surface area contributed by atoms with Crippen LogP contribution in [0, 0.1) is 5.41 Å². The Morgan fingerprint density at radius 2 is 1.87 bits per heavy atom. The largest absolute Gasteiger partial charge is 0.394 e. The molecular weight excluding hydrogens is 304 g/mol. The van der Waals surface area contributed by atoms with Crippen LogP contribution in [-0.4, -0.2) is 70.1 Å². The van der Waals surface area contributed by atoms with Crippen LogP contribution in [0.4, 0.5) is 0 Å². The van der Waals surface area contributed by atoms with Crippen LogP contribution in [0.3, 0.4) is 0 Å². The lowest BCUT2D eigenvalue weighted by Gasteiger charge is -2.41. The summed E-state index contributed by atoms with van der Waals surface area (Å²) in [6.45, 7) is 5.38. The number of rotatable bonds is 4. The molecular formula is C16H26O7. The summed E-state index contributed by atoms with van der Waals surface area (Å²) >= 11 is 0. The molecule has 0 amide bonds. The molecule has 7 heteroatoms. The van der Waals surface area contributed by atoms with E-state index in [9.17, 15) is 25.2 Å². The van der Waals surface area contributed by atoms with E-state index >= 15 is 0 Å². The fourth-order valence-corrected chi connectivity index (χ4v) is 3.11. The van der Waals surface area contributed by atoms with Crippen molar-refractivity contribution in [2.24, 2.45) is 5.41 Å². The first kappa shape index (κ1) is 18.5. The van der Waals surface area contributed by atoms with Gasteiger partial charge >= 0.3 is 0 Å². The molecule has 1 aliphatic carbocycles. The van der Waals surface area contributed by atoms with Crippen molar-refractivity contribution < 1.29 is 34.7 Å². The normalized spacial score (nSPS) is 38.0. The van der Waals surface area contributed by atoms with Gasteiger partial charge in [-0.3, -0.25) is 4.79 Å². The first-order chi connectivity index (χ1) is 10.7. The summed E-state index contributed by atoms with van der Waals surface area (Å²) in [6, 6.07) is 0. The van der Waals surface area contributed by atoms with Crippen LogP contribution in [0.25, 0.3) is 0 Å². The van der Waals surface area contributed by atoms with Crippen LogP contribution in [0.15, 0.2) is 11.1 Å². The number of aliphatic hydroxyl groups excluding tert-OH is 4. The van der Waals surface area contributed by atoms with Crippen molar-refractivity contribution in [3.63, 3.8) is 0 Å². The lowest BCUT2D eigenvalue weighted by molar-refractivity contribution is -0.299. The fraction of sp³-hybridized carbons (Fsp3) is 0.812. The van der Waals surface area contributed by atoms with Crippen molar-refractivity contribution in [2.45, 2.75) is 64.3 Å².